The standard InChI is InChI=1S/C13H24F2N2/c1-11(2,3)17-7-10(6-12(17,4)5)16-8-13(14,15)9-16/h10H,6-9H2,1-5H3/t10-/m1/s1. The van der Waals surface area contributed by atoms with E-state index >= 15 is 0 Å². The molecule has 0 N–H and O–H groups in total. The molecule has 0 aromatic heterocycles. The molecule has 4 heteroatoms. The van der Waals surface area contributed by atoms with E-state index in [2.05, 4.69) is 39.5 Å². The van der Waals surface area contributed by atoms with Crippen LogP contribution in [0.25, 0.3) is 0 Å². The summed E-state index contributed by atoms with van der Waals surface area (Å²) < 4.78 is 25.8. The van der Waals surface area contributed by atoms with Crippen LogP contribution in [0.2, 0.25) is 0 Å². The van der Waals surface area contributed by atoms with Gasteiger partial charge in [0.15, 0.2) is 0 Å². The lowest BCUT2D eigenvalue weighted by Crippen LogP contribution is -2.60. The Morgan fingerprint density at radius 1 is 1.12 bits per heavy atom. The molecule has 0 amide bonds. The third-order valence-electron chi connectivity index (χ3n) is 4.05. The highest BCUT2D eigenvalue weighted by Crippen LogP contribution is 2.40. The van der Waals surface area contributed by atoms with E-state index in [0.29, 0.717) is 6.04 Å². The van der Waals surface area contributed by atoms with Crippen LogP contribution in [-0.4, -0.2) is 52.5 Å². The normalized spacial score (nSPS) is 33.7. The van der Waals surface area contributed by atoms with Crippen LogP contribution < -0.4 is 0 Å². The first-order valence-corrected chi connectivity index (χ1v) is 6.41. The summed E-state index contributed by atoms with van der Waals surface area (Å²) in [5, 5.41) is 0. The zero-order valence-corrected chi connectivity index (χ0v) is 11.6. The molecular formula is C13H24F2N2. The van der Waals surface area contributed by atoms with Crippen molar-refractivity contribution in [3.8, 4) is 0 Å². The molecule has 0 aliphatic carbocycles. The van der Waals surface area contributed by atoms with Gasteiger partial charge in [0.1, 0.15) is 0 Å². The number of hydrogen-bond acceptors (Lipinski definition) is 2. The van der Waals surface area contributed by atoms with Crippen molar-refractivity contribution < 1.29 is 8.78 Å². The molecule has 2 rings (SSSR count). The Bertz CT molecular complexity index is 299. The van der Waals surface area contributed by atoms with Gasteiger partial charge in [-0.25, -0.2) is 8.78 Å². The van der Waals surface area contributed by atoms with Crippen LogP contribution in [-0.2, 0) is 0 Å². The summed E-state index contributed by atoms with van der Waals surface area (Å²) in [6.07, 6.45) is 0.986. The molecule has 0 radical (unpaired) electrons. The Balaban J connectivity index is 2.02. The van der Waals surface area contributed by atoms with Crippen molar-refractivity contribution in [1.82, 2.24) is 9.80 Å². The molecule has 17 heavy (non-hydrogen) atoms. The van der Waals surface area contributed by atoms with Gasteiger partial charge in [0.05, 0.1) is 13.1 Å². The van der Waals surface area contributed by atoms with Crippen LogP contribution >= 0.6 is 0 Å². The number of nitrogens with zero attached hydrogens (tertiary/aromatic N) is 2. The van der Waals surface area contributed by atoms with E-state index in [9.17, 15) is 8.78 Å². The lowest BCUT2D eigenvalue weighted by atomic mass is 9.94. The molecule has 1 atom stereocenters. The van der Waals surface area contributed by atoms with E-state index in [0.717, 1.165) is 13.0 Å². The second-order valence-corrected chi connectivity index (χ2v) is 7.21. The number of likely N-dealkylation sites (tertiary alicyclic amines) is 2. The van der Waals surface area contributed by atoms with E-state index < -0.39 is 5.92 Å². The smallest absolute Gasteiger partial charge is 0.272 e. The summed E-state index contributed by atoms with van der Waals surface area (Å²) in [5.74, 6) is -2.45. The highest BCUT2D eigenvalue weighted by atomic mass is 19.3. The van der Waals surface area contributed by atoms with Crippen molar-refractivity contribution in [3.63, 3.8) is 0 Å². The molecule has 2 saturated heterocycles. The van der Waals surface area contributed by atoms with Gasteiger partial charge in [-0.15, -0.1) is 0 Å². The maximum absolute atomic E-state index is 12.9. The highest BCUT2D eigenvalue weighted by Gasteiger charge is 2.52. The van der Waals surface area contributed by atoms with Crippen molar-refractivity contribution in [2.75, 3.05) is 19.6 Å². The topological polar surface area (TPSA) is 6.48 Å². The molecule has 0 aromatic rings. The average Bonchev–Trinajstić information content (AvgIpc) is 2.35. The molecule has 2 fully saturated rings. The molecular weight excluding hydrogens is 222 g/mol. The van der Waals surface area contributed by atoms with Gasteiger partial charge in [0.2, 0.25) is 0 Å². The minimum absolute atomic E-state index is 0.0499. The monoisotopic (exact) mass is 246 g/mol. The van der Waals surface area contributed by atoms with Crippen LogP contribution in [0, 0.1) is 0 Å². The first-order chi connectivity index (χ1) is 7.51. The quantitative estimate of drug-likeness (QED) is 0.701. The maximum Gasteiger partial charge on any atom is 0.272 e. The first kappa shape index (κ1) is 13.2. The van der Waals surface area contributed by atoms with Crippen LogP contribution in [0.1, 0.15) is 41.0 Å². The second kappa shape index (κ2) is 3.64. The largest absolute Gasteiger partial charge is 0.292 e. The van der Waals surface area contributed by atoms with Crippen molar-refractivity contribution in [2.45, 2.75) is 64.1 Å². The summed E-state index contributed by atoms with van der Waals surface area (Å²) >= 11 is 0. The molecule has 2 heterocycles. The van der Waals surface area contributed by atoms with Crippen molar-refractivity contribution in [2.24, 2.45) is 0 Å². The molecule has 0 bridgehead atoms. The SMILES string of the molecule is CC(C)(C)N1C[C@H](N2CC(F)(F)C2)CC1(C)C. The number of alkyl halides is 2. The van der Waals surface area contributed by atoms with Crippen LogP contribution in [0.4, 0.5) is 8.78 Å². The van der Waals surface area contributed by atoms with Crippen molar-refractivity contribution in [3.05, 3.63) is 0 Å². The summed E-state index contributed by atoms with van der Waals surface area (Å²) in [7, 11) is 0. The van der Waals surface area contributed by atoms with E-state index in [1.807, 2.05) is 4.90 Å². The van der Waals surface area contributed by atoms with Gasteiger partial charge < -0.3 is 0 Å². The number of halogens is 2. The van der Waals surface area contributed by atoms with E-state index in [1.54, 1.807) is 0 Å². The predicted octanol–water partition coefficient (Wildman–Crippen LogP) is 2.59. The molecule has 0 spiro atoms. The van der Waals surface area contributed by atoms with Gasteiger partial charge in [-0.05, 0) is 41.0 Å². The minimum Gasteiger partial charge on any atom is -0.292 e. The molecule has 2 aliphatic rings. The third-order valence-corrected chi connectivity index (χ3v) is 4.05. The Labute approximate surface area is 103 Å². The average molecular weight is 246 g/mol. The van der Waals surface area contributed by atoms with E-state index in [4.69, 9.17) is 0 Å². The fourth-order valence-electron chi connectivity index (χ4n) is 3.44. The summed E-state index contributed by atoms with van der Waals surface area (Å²) in [6.45, 7) is 11.8. The maximum atomic E-state index is 12.9. The van der Waals surface area contributed by atoms with Gasteiger partial charge >= 0.3 is 0 Å². The van der Waals surface area contributed by atoms with Crippen LogP contribution in [0.3, 0.4) is 0 Å². The van der Waals surface area contributed by atoms with Gasteiger partial charge in [0.25, 0.3) is 5.92 Å². The highest BCUT2D eigenvalue weighted by molar-refractivity contribution is 5.04. The predicted molar refractivity (Wildman–Crippen MR) is 65.5 cm³/mol. The van der Waals surface area contributed by atoms with E-state index in [-0.39, 0.29) is 24.2 Å². The zero-order valence-electron chi connectivity index (χ0n) is 11.6. The third kappa shape index (κ3) is 2.48. The van der Waals surface area contributed by atoms with Gasteiger partial charge in [0, 0.05) is 23.7 Å². The summed E-state index contributed by atoms with van der Waals surface area (Å²) in [6, 6.07) is 0.295. The zero-order chi connectivity index (χ0) is 13.1. The van der Waals surface area contributed by atoms with E-state index in [1.165, 1.54) is 0 Å². The number of hydrogen-bond donors (Lipinski definition) is 0. The Kier molecular flexibility index (Phi) is 2.83. The number of rotatable bonds is 1. The fourth-order valence-corrected chi connectivity index (χ4v) is 3.44. The Morgan fingerprint density at radius 3 is 2.00 bits per heavy atom. The molecule has 100 valence electrons. The summed E-state index contributed by atoms with van der Waals surface area (Å²) in [4.78, 5) is 4.38. The van der Waals surface area contributed by atoms with Crippen molar-refractivity contribution in [1.29, 1.82) is 0 Å². The molecule has 2 nitrogen and oxygen atoms in total. The molecule has 2 aliphatic heterocycles. The van der Waals surface area contributed by atoms with Crippen LogP contribution in [0.5, 0.6) is 0 Å². The lowest BCUT2D eigenvalue weighted by Gasteiger charge is -2.43. The lowest BCUT2D eigenvalue weighted by molar-refractivity contribution is -0.144. The van der Waals surface area contributed by atoms with Gasteiger partial charge in [-0.2, -0.15) is 0 Å². The Hall–Kier alpha value is -0.220. The summed E-state index contributed by atoms with van der Waals surface area (Å²) in [5.41, 5.74) is 0.208. The van der Waals surface area contributed by atoms with Crippen molar-refractivity contribution >= 4 is 0 Å². The first-order valence-electron chi connectivity index (χ1n) is 6.41. The van der Waals surface area contributed by atoms with Gasteiger partial charge in [-0.1, -0.05) is 0 Å². The van der Waals surface area contributed by atoms with Crippen LogP contribution in [0.15, 0.2) is 0 Å². The Morgan fingerprint density at radius 2 is 1.65 bits per heavy atom. The van der Waals surface area contributed by atoms with Gasteiger partial charge in [-0.3, -0.25) is 9.80 Å². The fraction of sp³-hybridized carbons (Fsp3) is 1.00. The molecule has 0 unspecified atom stereocenters. The molecule has 0 aromatic carbocycles. The molecule has 0 saturated carbocycles. The minimum atomic E-state index is -2.45. The second-order valence-electron chi connectivity index (χ2n) is 7.21.